The topological polar surface area (TPSA) is 303 Å². The van der Waals surface area contributed by atoms with Crippen LogP contribution in [0.5, 0.6) is 23.0 Å². The van der Waals surface area contributed by atoms with Gasteiger partial charge in [0.2, 0.25) is 0 Å². The Morgan fingerprint density at radius 2 is 1.63 bits per heavy atom. The standard InChI is InChI=1S/C53H57N3O15/c57-26-30-8-12-31(13-9-30)38(59)16-14-32-24-52(50(67)68)46(45(32)51(18-4-1-5-19-51)36-6-2-3-7-40(36)61)35-22-41(62)42(70-53(69)49(66)48(65)47(64)43(27-58)71-53)23-37(35)56(52)44(63)17-11-29-10-15-39(60)33(20-29)21-34-25-54-28-55-34/h2-3,6-13,15,17,20,22-25,38,43,45-49,57-62,64-66,69H,1,4-5,14,16,18-19,21,26-28H2,(H,67,68). The molecular formula is C53H57N3O15. The summed E-state index contributed by atoms with van der Waals surface area (Å²) < 4.78 is 11.1. The van der Waals surface area contributed by atoms with E-state index in [-0.39, 0.29) is 55.3 Å². The molecule has 4 aromatic carbocycles. The smallest absolute Gasteiger partial charge is 0.355 e. The molecule has 1 saturated heterocycles. The zero-order valence-corrected chi connectivity index (χ0v) is 38.5. The molecule has 9 atom stereocenters. The lowest BCUT2D eigenvalue weighted by atomic mass is 9.55. The molecule has 0 radical (unpaired) electrons. The average Bonchev–Trinajstić information content (AvgIpc) is 4.08. The third-order valence-corrected chi connectivity index (χ3v) is 14.9. The minimum Gasteiger partial charge on any atom is -0.508 e. The van der Waals surface area contributed by atoms with Crippen LogP contribution in [0.3, 0.4) is 0 Å². The van der Waals surface area contributed by atoms with Crippen LogP contribution in [0, 0.1) is 5.92 Å². The molecule has 11 N–H and O–H groups in total. The third-order valence-electron chi connectivity index (χ3n) is 14.9. The fourth-order valence-corrected chi connectivity index (χ4v) is 11.6. The van der Waals surface area contributed by atoms with Crippen molar-refractivity contribution < 1.29 is 75.2 Å². The number of benzene rings is 4. The number of carbonyl (C=O) groups is 2. The minimum absolute atomic E-state index is 0.0143. The van der Waals surface area contributed by atoms with Gasteiger partial charge in [0.15, 0.2) is 23.1 Å². The van der Waals surface area contributed by atoms with Gasteiger partial charge in [-0.05, 0) is 90.3 Å². The number of carboxylic acids is 1. The highest BCUT2D eigenvalue weighted by Crippen LogP contribution is 2.67. The number of phenols is 3. The second-order valence-corrected chi connectivity index (χ2v) is 19.0. The summed E-state index contributed by atoms with van der Waals surface area (Å²) in [6.45, 7) is -0.857. The zero-order valence-electron chi connectivity index (χ0n) is 38.5. The first kappa shape index (κ1) is 49.5. The van der Waals surface area contributed by atoms with Crippen LogP contribution in [0.1, 0.15) is 90.3 Å². The molecule has 18 heteroatoms. The number of anilines is 1. The quantitative estimate of drug-likeness (QED) is 0.0459. The Kier molecular flexibility index (Phi) is 13.7. The summed E-state index contributed by atoms with van der Waals surface area (Å²) in [7, 11) is 0. The van der Waals surface area contributed by atoms with Gasteiger partial charge in [-0.1, -0.05) is 73.4 Å². The molecule has 18 nitrogen and oxygen atoms in total. The first-order valence-electron chi connectivity index (χ1n) is 23.6. The number of aliphatic imine (C=N–C) groups is 2. The highest BCUT2D eigenvalue weighted by molar-refractivity contribution is 6.32. The summed E-state index contributed by atoms with van der Waals surface area (Å²) in [5, 5.41) is 121. The summed E-state index contributed by atoms with van der Waals surface area (Å²) in [6, 6.07) is 20.7. The number of para-hydroxylation sites is 1. The number of aliphatic carboxylic acids is 1. The van der Waals surface area contributed by atoms with Crippen LogP contribution in [0.15, 0.2) is 107 Å². The van der Waals surface area contributed by atoms with Crippen molar-refractivity contribution in [2.45, 2.75) is 111 Å². The van der Waals surface area contributed by atoms with Gasteiger partial charge in [0.1, 0.15) is 36.5 Å². The Labute approximate surface area is 408 Å². The van der Waals surface area contributed by atoms with E-state index in [9.17, 15) is 61.0 Å². The maximum atomic E-state index is 15.3. The van der Waals surface area contributed by atoms with E-state index in [1.165, 1.54) is 24.3 Å². The number of rotatable bonds is 15. The van der Waals surface area contributed by atoms with E-state index < -0.39 is 89.3 Å². The molecule has 4 aromatic rings. The van der Waals surface area contributed by atoms with Gasteiger partial charge in [-0.2, -0.15) is 0 Å². The fourth-order valence-electron chi connectivity index (χ4n) is 11.6. The molecule has 9 unspecified atom stereocenters. The van der Waals surface area contributed by atoms with Crippen molar-refractivity contribution in [3.8, 4) is 23.0 Å². The van der Waals surface area contributed by atoms with E-state index in [2.05, 4.69) is 9.98 Å². The number of fused-ring (bicyclic) bond motifs is 3. The van der Waals surface area contributed by atoms with Crippen LogP contribution in [-0.4, -0.2) is 129 Å². The predicted molar refractivity (Wildman–Crippen MR) is 257 cm³/mol. The molecule has 3 heterocycles. The van der Waals surface area contributed by atoms with Gasteiger partial charge in [-0.25, -0.2) is 4.79 Å². The Hall–Kier alpha value is -6.48. The van der Waals surface area contributed by atoms with E-state index in [0.717, 1.165) is 17.4 Å². The molecule has 3 aliphatic heterocycles. The summed E-state index contributed by atoms with van der Waals surface area (Å²) in [5.41, 5.74) is 0.788. The summed E-state index contributed by atoms with van der Waals surface area (Å²) in [4.78, 5) is 39.4. The van der Waals surface area contributed by atoms with Crippen molar-refractivity contribution >= 4 is 35.6 Å². The lowest BCUT2D eigenvalue weighted by Crippen LogP contribution is -2.67. The van der Waals surface area contributed by atoms with E-state index in [0.29, 0.717) is 64.8 Å². The number of aromatic hydroxyl groups is 3. The predicted octanol–water partition coefficient (Wildman–Crippen LogP) is 3.76. The highest BCUT2D eigenvalue weighted by Gasteiger charge is 2.68. The van der Waals surface area contributed by atoms with Crippen LogP contribution >= 0.6 is 0 Å². The SMILES string of the molecule is O=C(C=Cc1ccc(O)c(CC2=NCN=C2)c1)N1c2cc(OC3(O)OC(CO)C(O)C(O)C3O)c(O)cc2C2C(C3(c4ccccc4O)CCCCC3)C(CCC(O)c3ccc(CO)cc3)=CC21C(=O)O. The molecule has 9 rings (SSSR count). The largest absolute Gasteiger partial charge is 0.508 e. The zero-order chi connectivity index (χ0) is 50.4. The molecule has 5 aliphatic rings. The second kappa shape index (κ2) is 19.6. The maximum absolute atomic E-state index is 15.3. The van der Waals surface area contributed by atoms with E-state index >= 15 is 4.79 Å². The average molecular weight is 976 g/mol. The summed E-state index contributed by atoms with van der Waals surface area (Å²) in [5.74, 6) is -8.90. The summed E-state index contributed by atoms with van der Waals surface area (Å²) in [6.07, 6.45) is 0.435. The van der Waals surface area contributed by atoms with Crippen LogP contribution in [0.2, 0.25) is 0 Å². The normalized spacial score (nSPS) is 28.1. The van der Waals surface area contributed by atoms with E-state index in [4.69, 9.17) is 9.47 Å². The second-order valence-electron chi connectivity index (χ2n) is 19.0. The van der Waals surface area contributed by atoms with Crippen molar-refractivity contribution in [3.05, 3.63) is 130 Å². The first-order valence-corrected chi connectivity index (χ1v) is 23.6. The van der Waals surface area contributed by atoms with Gasteiger partial charge < -0.3 is 65.6 Å². The van der Waals surface area contributed by atoms with Crippen molar-refractivity contribution in [3.63, 3.8) is 0 Å². The minimum atomic E-state index is -3.20. The maximum Gasteiger partial charge on any atom is 0.355 e. The number of carbonyl (C=O) groups excluding carboxylic acids is 1. The van der Waals surface area contributed by atoms with E-state index in [1.54, 1.807) is 66.9 Å². The number of aliphatic hydroxyl groups is 7. The fraction of sp³-hybridized carbons (Fsp3) is 0.396. The van der Waals surface area contributed by atoms with Gasteiger partial charge in [-0.15, -0.1) is 0 Å². The number of carboxylic acid groups (broad SMARTS) is 1. The molecule has 1 saturated carbocycles. The number of hydrogen-bond acceptors (Lipinski definition) is 16. The summed E-state index contributed by atoms with van der Waals surface area (Å²) >= 11 is 0. The molecule has 0 aromatic heterocycles. The molecule has 71 heavy (non-hydrogen) atoms. The number of phenolic OH excluding ortho intramolecular Hbond substituents is 3. The van der Waals surface area contributed by atoms with Crippen molar-refractivity contribution in [2.24, 2.45) is 15.9 Å². The lowest BCUT2D eigenvalue weighted by Gasteiger charge is -2.48. The van der Waals surface area contributed by atoms with Crippen LogP contribution in [-0.2, 0) is 32.8 Å². The van der Waals surface area contributed by atoms with Gasteiger partial charge in [0, 0.05) is 47.2 Å². The van der Waals surface area contributed by atoms with E-state index in [1.807, 2.05) is 6.07 Å². The molecule has 1 amide bonds. The van der Waals surface area contributed by atoms with Crippen LogP contribution < -0.4 is 9.64 Å². The molecule has 2 aliphatic carbocycles. The first-order chi connectivity index (χ1) is 34.0. The number of hydrogen-bond donors (Lipinski definition) is 11. The van der Waals surface area contributed by atoms with Gasteiger partial charge in [-0.3, -0.25) is 19.7 Å². The molecular weight excluding hydrogens is 919 g/mol. The van der Waals surface area contributed by atoms with Gasteiger partial charge >= 0.3 is 11.9 Å². The highest BCUT2D eigenvalue weighted by atomic mass is 16.8. The van der Waals surface area contributed by atoms with Crippen molar-refractivity contribution in [1.82, 2.24) is 0 Å². The van der Waals surface area contributed by atoms with Gasteiger partial charge in [0.25, 0.3) is 5.91 Å². The number of ether oxygens (including phenoxy) is 2. The Morgan fingerprint density at radius 1 is 0.887 bits per heavy atom. The number of aliphatic hydroxyl groups excluding tert-OH is 6. The Balaban J connectivity index is 1.22. The van der Waals surface area contributed by atoms with Gasteiger partial charge in [0.05, 0.1) is 30.7 Å². The van der Waals surface area contributed by atoms with Crippen LogP contribution in [0.25, 0.3) is 6.08 Å². The Morgan fingerprint density at radius 3 is 2.31 bits per heavy atom. The van der Waals surface area contributed by atoms with Crippen molar-refractivity contribution in [2.75, 3.05) is 18.2 Å². The molecule has 0 spiro atoms. The monoisotopic (exact) mass is 975 g/mol. The lowest BCUT2D eigenvalue weighted by molar-refractivity contribution is -0.422. The van der Waals surface area contributed by atoms with Crippen molar-refractivity contribution in [1.29, 1.82) is 0 Å². The molecule has 2 fully saturated rings. The molecule has 0 bridgehead atoms. The number of amides is 1. The molecule has 374 valence electrons. The van der Waals surface area contributed by atoms with Crippen LogP contribution in [0.4, 0.5) is 5.69 Å². The third kappa shape index (κ3) is 8.77. The number of allylic oxidation sites excluding steroid dienone is 1. The number of nitrogens with zero attached hydrogens (tertiary/aromatic N) is 3. The Bertz CT molecular complexity index is 2800.